The largest absolute Gasteiger partial charge is 0.480 e. The van der Waals surface area contributed by atoms with Crippen LogP contribution in [0, 0.1) is 0 Å². The molecule has 5 nitrogen and oxygen atoms in total. The van der Waals surface area contributed by atoms with E-state index < -0.39 is 12.0 Å². The molecule has 4 rings (SSSR count). The molecule has 166 valence electrons. The van der Waals surface area contributed by atoms with Crippen LogP contribution in [0.25, 0.3) is 11.1 Å². The smallest absolute Gasteiger partial charge is 0.326 e. The Kier molecular flexibility index (Phi) is 6.76. The van der Waals surface area contributed by atoms with Gasteiger partial charge in [-0.05, 0) is 48.0 Å². The molecule has 3 aromatic rings. The minimum atomic E-state index is -0.820. The monoisotopic (exact) mass is 429 g/mol. The summed E-state index contributed by atoms with van der Waals surface area (Å²) < 4.78 is 0. The third-order valence-corrected chi connectivity index (χ3v) is 6.37. The average Bonchev–Trinajstić information content (AvgIpc) is 2.83. The van der Waals surface area contributed by atoms with Crippen LogP contribution in [0.1, 0.15) is 5.56 Å². The van der Waals surface area contributed by atoms with E-state index in [1.807, 2.05) is 54.4 Å². The Hall–Kier alpha value is -3.31. The molecule has 0 spiro atoms. The zero-order chi connectivity index (χ0) is 22.5. The Morgan fingerprint density at radius 3 is 2.00 bits per heavy atom. The van der Waals surface area contributed by atoms with E-state index in [9.17, 15) is 9.90 Å². The molecule has 0 unspecified atom stereocenters. The molecule has 0 aliphatic carbocycles. The molecule has 3 aromatic carbocycles. The molecule has 0 amide bonds. The number of nitrogens with zero attached hydrogens (tertiary/aromatic N) is 3. The van der Waals surface area contributed by atoms with E-state index in [-0.39, 0.29) is 0 Å². The van der Waals surface area contributed by atoms with Gasteiger partial charge in [0.1, 0.15) is 6.04 Å². The number of carbonyl (C=O) groups is 1. The highest BCUT2D eigenvalue weighted by Crippen LogP contribution is 2.27. The lowest BCUT2D eigenvalue weighted by Crippen LogP contribution is -2.44. The maximum Gasteiger partial charge on any atom is 0.326 e. The fourth-order valence-electron chi connectivity index (χ4n) is 4.23. The van der Waals surface area contributed by atoms with Crippen LogP contribution < -0.4 is 9.80 Å². The first-order valence-electron chi connectivity index (χ1n) is 11.1. The van der Waals surface area contributed by atoms with E-state index in [2.05, 4.69) is 53.2 Å². The van der Waals surface area contributed by atoms with Gasteiger partial charge in [-0.2, -0.15) is 0 Å². The van der Waals surface area contributed by atoms with Crippen LogP contribution in [-0.4, -0.2) is 62.3 Å². The van der Waals surface area contributed by atoms with E-state index in [4.69, 9.17) is 0 Å². The summed E-state index contributed by atoms with van der Waals surface area (Å²) in [7, 11) is 4.02. The summed E-state index contributed by atoms with van der Waals surface area (Å²) >= 11 is 0. The quantitative estimate of drug-likeness (QED) is 0.609. The van der Waals surface area contributed by atoms with E-state index in [1.54, 1.807) is 0 Å². The molecule has 0 bridgehead atoms. The van der Waals surface area contributed by atoms with Gasteiger partial charge in [-0.1, -0.05) is 54.6 Å². The Balaban J connectivity index is 1.45. The summed E-state index contributed by atoms with van der Waals surface area (Å²) in [6.07, 6.45) is 0.460. The van der Waals surface area contributed by atoms with Gasteiger partial charge in [0.15, 0.2) is 0 Å². The van der Waals surface area contributed by atoms with Crippen LogP contribution in [0.3, 0.4) is 0 Å². The summed E-state index contributed by atoms with van der Waals surface area (Å²) in [5.41, 5.74) is 5.47. The number of hydrogen-bond donors (Lipinski definition) is 1. The highest BCUT2D eigenvalue weighted by Gasteiger charge is 2.23. The molecule has 1 heterocycles. The van der Waals surface area contributed by atoms with E-state index in [1.165, 1.54) is 5.69 Å². The summed E-state index contributed by atoms with van der Waals surface area (Å²) in [6.45, 7) is 4.31. The van der Waals surface area contributed by atoms with Gasteiger partial charge in [-0.15, -0.1) is 0 Å². The molecule has 1 atom stereocenters. The van der Waals surface area contributed by atoms with Crippen LogP contribution in [-0.2, 0) is 11.2 Å². The molecule has 1 N–H and O–H groups in total. The number of benzene rings is 3. The zero-order valence-electron chi connectivity index (χ0n) is 18.8. The Labute approximate surface area is 190 Å². The number of carboxylic acid groups (broad SMARTS) is 1. The van der Waals surface area contributed by atoms with Crippen molar-refractivity contribution < 1.29 is 9.90 Å². The molecular weight excluding hydrogens is 398 g/mol. The van der Waals surface area contributed by atoms with Crippen LogP contribution in [0.15, 0.2) is 78.9 Å². The number of hydrogen-bond acceptors (Lipinski definition) is 4. The molecule has 0 saturated carbocycles. The molecule has 1 aliphatic rings. The number of aliphatic carboxylic acids is 1. The molecule has 32 heavy (non-hydrogen) atoms. The van der Waals surface area contributed by atoms with E-state index >= 15 is 0 Å². The fraction of sp³-hybridized carbons (Fsp3) is 0.296. The Bertz CT molecular complexity index is 1010. The van der Waals surface area contributed by atoms with Crippen molar-refractivity contribution in [1.29, 1.82) is 0 Å². The number of likely N-dealkylation sites (N-methyl/N-ethyl adjacent to an activating group) is 2. The average molecular weight is 430 g/mol. The minimum Gasteiger partial charge on any atom is -0.480 e. The number of carboxylic acids is 1. The SMILES string of the molecule is CN1CCN(c2ccc(-c3ccc(N(C)[C@@H](Cc4ccccc4)C(=O)O)cc3)cc2)CC1. The maximum atomic E-state index is 11.9. The molecule has 5 heteroatoms. The highest BCUT2D eigenvalue weighted by molar-refractivity contribution is 5.79. The van der Waals surface area contributed by atoms with Crippen LogP contribution >= 0.6 is 0 Å². The van der Waals surface area contributed by atoms with E-state index in [0.29, 0.717) is 6.42 Å². The first-order valence-corrected chi connectivity index (χ1v) is 11.1. The second-order valence-corrected chi connectivity index (χ2v) is 8.54. The second kappa shape index (κ2) is 9.88. The summed E-state index contributed by atoms with van der Waals surface area (Å²) in [6, 6.07) is 26.0. The van der Waals surface area contributed by atoms with Gasteiger partial charge in [0.2, 0.25) is 0 Å². The van der Waals surface area contributed by atoms with Gasteiger partial charge in [-0.25, -0.2) is 4.79 Å². The molecule has 0 radical (unpaired) electrons. The lowest BCUT2D eigenvalue weighted by Gasteiger charge is -2.34. The number of anilines is 2. The number of rotatable bonds is 7. The number of piperazine rings is 1. The van der Waals surface area contributed by atoms with Gasteiger partial charge in [0.05, 0.1) is 0 Å². The van der Waals surface area contributed by atoms with E-state index in [0.717, 1.165) is 48.6 Å². The first-order chi connectivity index (χ1) is 15.5. The lowest BCUT2D eigenvalue weighted by atomic mass is 10.0. The topological polar surface area (TPSA) is 47.0 Å². The first kappa shape index (κ1) is 21.9. The van der Waals surface area contributed by atoms with Crippen molar-refractivity contribution in [3.63, 3.8) is 0 Å². The standard InChI is InChI=1S/C27H31N3O2/c1-28-16-18-30(19-17-28)25-14-10-23(11-15-25)22-8-12-24(13-9-22)29(2)26(27(31)32)20-21-6-4-3-5-7-21/h3-15,26H,16-20H2,1-2H3,(H,31,32)/t26-/m0/s1. The summed E-state index contributed by atoms with van der Waals surface area (Å²) in [5.74, 6) is -0.820. The highest BCUT2D eigenvalue weighted by atomic mass is 16.4. The van der Waals surface area contributed by atoms with Crippen molar-refractivity contribution in [2.75, 3.05) is 50.1 Å². The molecule has 1 aliphatic heterocycles. The molecule has 1 fully saturated rings. The van der Waals surface area contributed by atoms with Crippen molar-refractivity contribution in [3.8, 4) is 11.1 Å². The third kappa shape index (κ3) is 5.11. The molecule has 0 aromatic heterocycles. The van der Waals surface area contributed by atoms with Gasteiger partial charge in [0.25, 0.3) is 0 Å². The van der Waals surface area contributed by atoms with Crippen molar-refractivity contribution >= 4 is 17.3 Å². The van der Waals surface area contributed by atoms with Crippen molar-refractivity contribution in [2.45, 2.75) is 12.5 Å². The van der Waals surface area contributed by atoms with Gasteiger partial charge in [0, 0.05) is 51.0 Å². The predicted octanol–water partition coefficient (Wildman–Crippen LogP) is 4.24. The van der Waals surface area contributed by atoms with Crippen molar-refractivity contribution in [1.82, 2.24) is 4.90 Å². The normalized spacial score (nSPS) is 15.4. The second-order valence-electron chi connectivity index (χ2n) is 8.54. The fourth-order valence-corrected chi connectivity index (χ4v) is 4.23. The predicted molar refractivity (Wildman–Crippen MR) is 132 cm³/mol. The summed E-state index contributed by atoms with van der Waals surface area (Å²) in [5, 5.41) is 9.80. The van der Waals surface area contributed by atoms with Crippen LogP contribution in [0.2, 0.25) is 0 Å². The lowest BCUT2D eigenvalue weighted by molar-refractivity contribution is -0.138. The van der Waals surface area contributed by atoms with Gasteiger partial charge >= 0.3 is 5.97 Å². The minimum absolute atomic E-state index is 0.460. The third-order valence-electron chi connectivity index (χ3n) is 6.37. The van der Waals surface area contributed by atoms with Gasteiger partial charge in [-0.3, -0.25) is 0 Å². The van der Waals surface area contributed by atoms with Crippen molar-refractivity contribution in [3.05, 3.63) is 84.4 Å². The van der Waals surface area contributed by atoms with Gasteiger partial charge < -0.3 is 19.8 Å². The van der Waals surface area contributed by atoms with Crippen LogP contribution in [0.4, 0.5) is 11.4 Å². The summed E-state index contributed by atoms with van der Waals surface area (Å²) in [4.78, 5) is 18.6. The Morgan fingerprint density at radius 1 is 0.875 bits per heavy atom. The molecule has 1 saturated heterocycles. The zero-order valence-corrected chi connectivity index (χ0v) is 18.8. The Morgan fingerprint density at radius 2 is 1.44 bits per heavy atom. The molecular formula is C27H31N3O2. The van der Waals surface area contributed by atoms with Crippen molar-refractivity contribution in [2.24, 2.45) is 0 Å². The van der Waals surface area contributed by atoms with Crippen LogP contribution in [0.5, 0.6) is 0 Å². The maximum absolute atomic E-state index is 11.9.